The van der Waals surface area contributed by atoms with Crippen molar-refractivity contribution < 1.29 is 9.72 Å². The summed E-state index contributed by atoms with van der Waals surface area (Å²) in [5.74, 6) is -0.465. The Balaban J connectivity index is 2.30. The fraction of sp³-hybridized carbons (Fsp3) is 0. The molecule has 0 aliphatic rings. The number of hydrogen-bond donors (Lipinski definition) is 1. The lowest BCUT2D eigenvalue weighted by molar-refractivity contribution is -0.384. The number of anilines is 1. The second kappa shape index (κ2) is 5.98. The normalized spacial score (nSPS) is 10.1. The number of hydrogen-bond acceptors (Lipinski definition) is 4. The first kappa shape index (κ1) is 14.4. The number of rotatable bonds is 3. The second-order valence-electron chi connectivity index (χ2n) is 3.72. The van der Waals surface area contributed by atoms with Crippen molar-refractivity contribution in [2.45, 2.75) is 0 Å². The van der Waals surface area contributed by atoms with Crippen molar-refractivity contribution in [3.8, 4) is 0 Å². The van der Waals surface area contributed by atoms with E-state index in [2.05, 4.69) is 26.2 Å². The molecule has 2 rings (SSSR count). The fourth-order valence-electron chi connectivity index (χ4n) is 1.47. The van der Waals surface area contributed by atoms with Gasteiger partial charge in [-0.05, 0) is 34.1 Å². The summed E-state index contributed by atoms with van der Waals surface area (Å²) in [4.78, 5) is 26.1. The molecule has 0 fully saturated rings. The third-order valence-electron chi connectivity index (χ3n) is 2.41. The van der Waals surface area contributed by atoms with Crippen LogP contribution in [-0.4, -0.2) is 15.8 Å². The van der Waals surface area contributed by atoms with Gasteiger partial charge in [0.05, 0.1) is 21.2 Å². The van der Waals surface area contributed by atoms with Gasteiger partial charge >= 0.3 is 0 Å². The number of pyridine rings is 1. The number of benzene rings is 1. The van der Waals surface area contributed by atoms with Crippen LogP contribution < -0.4 is 5.32 Å². The highest BCUT2D eigenvalue weighted by Crippen LogP contribution is 2.27. The number of non-ortho nitro benzene ring substituents is 1. The maximum atomic E-state index is 12.1. The molecule has 20 heavy (non-hydrogen) atoms. The first-order valence-electron chi connectivity index (χ1n) is 5.35. The highest BCUT2D eigenvalue weighted by molar-refractivity contribution is 9.10. The molecule has 1 aromatic heterocycles. The van der Waals surface area contributed by atoms with Crippen LogP contribution in [0.15, 0.2) is 41.1 Å². The topological polar surface area (TPSA) is 85.1 Å². The lowest BCUT2D eigenvalue weighted by atomic mass is 10.2. The zero-order valence-electron chi connectivity index (χ0n) is 9.84. The summed E-state index contributed by atoms with van der Waals surface area (Å²) in [5.41, 5.74) is 0.312. The highest BCUT2D eigenvalue weighted by Gasteiger charge is 2.15. The van der Waals surface area contributed by atoms with E-state index < -0.39 is 10.8 Å². The Kier molecular flexibility index (Phi) is 4.31. The Hall–Kier alpha value is -1.99. The van der Waals surface area contributed by atoms with Crippen molar-refractivity contribution in [2.24, 2.45) is 0 Å². The van der Waals surface area contributed by atoms with Crippen molar-refractivity contribution in [3.63, 3.8) is 0 Å². The predicted molar refractivity (Wildman–Crippen MR) is 78.0 cm³/mol. The molecule has 0 bridgehead atoms. The molecule has 6 nitrogen and oxygen atoms in total. The van der Waals surface area contributed by atoms with Gasteiger partial charge in [0.25, 0.3) is 11.6 Å². The zero-order chi connectivity index (χ0) is 14.7. The largest absolute Gasteiger partial charge is 0.320 e. The lowest BCUT2D eigenvalue weighted by Crippen LogP contribution is -2.13. The van der Waals surface area contributed by atoms with Gasteiger partial charge in [-0.15, -0.1) is 0 Å². The molecule has 2 aromatic rings. The van der Waals surface area contributed by atoms with Crippen LogP contribution in [0.5, 0.6) is 0 Å². The molecular weight excluding hydrogens is 350 g/mol. The molecule has 1 N–H and O–H groups in total. The quantitative estimate of drug-likeness (QED) is 0.516. The second-order valence-corrected chi connectivity index (χ2v) is 4.88. The average molecular weight is 357 g/mol. The van der Waals surface area contributed by atoms with Gasteiger partial charge < -0.3 is 5.32 Å². The Morgan fingerprint density at radius 2 is 2.15 bits per heavy atom. The first-order chi connectivity index (χ1) is 9.49. The molecule has 102 valence electrons. The monoisotopic (exact) mass is 355 g/mol. The van der Waals surface area contributed by atoms with E-state index in [4.69, 9.17) is 11.6 Å². The molecule has 0 unspecified atom stereocenters. The molecule has 0 saturated heterocycles. The van der Waals surface area contributed by atoms with E-state index in [1.54, 1.807) is 12.1 Å². The molecule has 1 heterocycles. The fourth-order valence-corrected chi connectivity index (χ4v) is 2.06. The van der Waals surface area contributed by atoms with Crippen LogP contribution in [0.25, 0.3) is 0 Å². The summed E-state index contributed by atoms with van der Waals surface area (Å²) in [6.07, 6.45) is 1.53. The molecule has 1 aromatic carbocycles. The molecule has 0 saturated carbocycles. The number of halogens is 2. The van der Waals surface area contributed by atoms with Crippen LogP contribution in [-0.2, 0) is 0 Å². The summed E-state index contributed by atoms with van der Waals surface area (Å²) in [7, 11) is 0. The molecule has 0 aliphatic heterocycles. The maximum absolute atomic E-state index is 12.1. The Labute approximate surface area is 127 Å². The van der Waals surface area contributed by atoms with Crippen LogP contribution in [0.1, 0.15) is 10.4 Å². The van der Waals surface area contributed by atoms with Gasteiger partial charge in [0.1, 0.15) is 4.60 Å². The average Bonchev–Trinajstić information content (AvgIpc) is 2.41. The van der Waals surface area contributed by atoms with E-state index in [1.165, 1.54) is 24.4 Å². The maximum Gasteiger partial charge on any atom is 0.271 e. The standard InChI is InChI=1S/C12H7BrClN3O3/c13-11-8(2-1-5-15-11)12(18)16-10-6-7(17(19)20)3-4-9(10)14/h1-6H,(H,16,18). The lowest BCUT2D eigenvalue weighted by Gasteiger charge is -2.07. The summed E-state index contributed by atoms with van der Waals surface area (Å²) < 4.78 is 0.374. The minimum atomic E-state index is -0.564. The molecule has 0 atom stereocenters. The van der Waals surface area contributed by atoms with Crippen molar-refractivity contribution in [2.75, 3.05) is 5.32 Å². The van der Waals surface area contributed by atoms with Gasteiger partial charge in [0, 0.05) is 18.3 Å². The van der Waals surface area contributed by atoms with E-state index in [-0.39, 0.29) is 16.4 Å². The van der Waals surface area contributed by atoms with Gasteiger partial charge in [0.15, 0.2) is 0 Å². The number of aromatic nitrogens is 1. The molecular formula is C12H7BrClN3O3. The smallest absolute Gasteiger partial charge is 0.271 e. The Morgan fingerprint density at radius 3 is 2.80 bits per heavy atom. The number of carbonyl (C=O) groups is 1. The Bertz CT molecular complexity index is 693. The van der Waals surface area contributed by atoms with Crippen LogP contribution in [0.4, 0.5) is 11.4 Å². The zero-order valence-corrected chi connectivity index (χ0v) is 12.2. The first-order valence-corrected chi connectivity index (χ1v) is 6.52. The number of nitro benzene ring substituents is 1. The van der Waals surface area contributed by atoms with Crippen molar-refractivity contribution >= 4 is 44.8 Å². The highest BCUT2D eigenvalue weighted by atomic mass is 79.9. The van der Waals surface area contributed by atoms with E-state index in [0.717, 1.165) is 0 Å². The molecule has 0 aliphatic carbocycles. The van der Waals surface area contributed by atoms with E-state index in [1.807, 2.05) is 0 Å². The van der Waals surface area contributed by atoms with Crippen molar-refractivity contribution in [3.05, 3.63) is 61.8 Å². The van der Waals surface area contributed by atoms with Gasteiger partial charge in [-0.3, -0.25) is 14.9 Å². The van der Waals surface area contributed by atoms with Gasteiger partial charge in [-0.2, -0.15) is 0 Å². The molecule has 0 radical (unpaired) electrons. The van der Waals surface area contributed by atoms with Gasteiger partial charge in [0.2, 0.25) is 0 Å². The van der Waals surface area contributed by atoms with Crippen LogP contribution in [0.3, 0.4) is 0 Å². The minimum Gasteiger partial charge on any atom is -0.320 e. The summed E-state index contributed by atoms with van der Waals surface area (Å²) in [6.45, 7) is 0. The third-order valence-corrected chi connectivity index (χ3v) is 3.37. The van der Waals surface area contributed by atoms with E-state index >= 15 is 0 Å². The van der Waals surface area contributed by atoms with Gasteiger partial charge in [-0.1, -0.05) is 11.6 Å². The van der Waals surface area contributed by atoms with Crippen LogP contribution in [0.2, 0.25) is 5.02 Å². The number of carbonyl (C=O) groups excluding carboxylic acids is 1. The summed E-state index contributed by atoms with van der Waals surface area (Å²) in [6, 6.07) is 6.99. The van der Waals surface area contributed by atoms with Crippen molar-refractivity contribution in [1.82, 2.24) is 4.98 Å². The Morgan fingerprint density at radius 1 is 1.40 bits per heavy atom. The molecule has 1 amide bonds. The van der Waals surface area contributed by atoms with Gasteiger partial charge in [-0.25, -0.2) is 4.98 Å². The molecule has 0 spiro atoms. The summed E-state index contributed by atoms with van der Waals surface area (Å²) in [5, 5.41) is 13.4. The SMILES string of the molecule is O=C(Nc1cc([N+](=O)[O-])ccc1Cl)c1cccnc1Br. The third kappa shape index (κ3) is 3.12. The number of nitro groups is 1. The number of nitrogens with one attached hydrogen (secondary N) is 1. The van der Waals surface area contributed by atoms with E-state index in [0.29, 0.717) is 10.2 Å². The van der Waals surface area contributed by atoms with Crippen LogP contribution in [0, 0.1) is 10.1 Å². The van der Waals surface area contributed by atoms with Crippen LogP contribution >= 0.6 is 27.5 Å². The number of nitrogens with zero attached hydrogens (tertiary/aromatic N) is 2. The van der Waals surface area contributed by atoms with Crippen molar-refractivity contribution in [1.29, 1.82) is 0 Å². The van der Waals surface area contributed by atoms with E-state index in [9.17, 15) is 14.9 Å². The minimum absolute atomic E-state index is 0.157. The molecule has 8 heteroatoms. The summed E-state index contributed by atoms with van der Waals surface area (Å²) >= 11 is 9.06. The number of amides is 1. The predicted octanol–water partition coefficient (Wildman–Crippen LogP) is 3.66.